The number of ether oxygens (including phenoxy) is 1. The Kier molecular flexibility index (Phi) is 54.5. The molecule has 0 aliphatic heterocycles. The topological polar surface area (TPSA) is 369 Å². The maximum atomic E-state index is 10.3. The normalized spacial score (nSPS) is 10.2. The number of methoxy groups -OCH3 is 1. The molecule has 0 unspecified atom stereocenters. The van der Waals surface area contributed by atoms with Gasteiger partial charge in [0.25, 0.3) is 0 Å². The van der Waals surface area contributed by atoms with E-state index in [-0.39, 0.29) is 23.1 Å². The van der Waals surface area contributed by atoms with Gasteiger partial charge in [-0.25, -0.2) is 0 Å². The second-order valence-electron chi connectivity index (χ2n) is 10.2. The molecule has 3 aromatic rings. The average molecular weight is 1240 g/mol. The molecule has 0 aliphatic rings. The summed E-state index contributed by atoms with van der Waals surface area (Å²) >= 11 is 21.4. The number of nitrogens with one attached hydrogen (secondary N) is 2. The molecule has 3 rings (SSSR count). The van der Waals surface area contributed by atoms with Crippen LogP contribution in [0.3, 0.4) is 0 Å². The molecule has 14 N–H and O–H groups in total. The number of nitrogen functional groups attached to an aromatic ring is 1. The number of halogens is 1. The van der Waals surface area contributed by atoms with Crippen molar-refractivity contribution in [1.29, 1.82) is 0 Å². The summed E-state index contributed by atoms with van der Waals surface area (Å²) in [6.45, 7) is 20.4. The van der Waals surface area contributed by atoms with Crippen LogP contribution in [-0.2, 0) is 77.4 Å². The van der Waals surface area contributed by atoms with Crippen LogP contribution in [0.15, 0.2) is 68.9 Å². The number of thioether (sulfide) groups is 1. The van der Waals surface area contributed by atoms with E-state index >= 15 is 0 Å². The van der Waals surface area contributed by atoms with Gasteiger partial charge in [0.05, 0.1) is 0 Å². The fraction of sp³-hybridized carbons (Fsp3) is 0.229. The molecule has 3 aromatic heterocycles. The first-order valence-electron chi connectivity index (χ1n) is 17.0. The first kappa shape index (κ1) is 72.5. The van der Waals surface area contributed by atoms with Gasteiger partial charge in [-0.2, -0.15) is 0 Å². The number of rotatable bonds is 17. The number of nitrogens with zero attached hydrogens (tertiary/aromatic N) is 14. The standard InChI is InChI=1S/C8H7N4S.C7H7N6.C7H5N4S.C6H16N2O.C5H5N2O.CH3I.CH4N2S.H4N2.4V/c1-4-9-6(2)7-10-5-11-8(12-7)13-3;1-3-9-5(2)6-10-4-11-7(12-6)13-8;1-3-8-5(2)6-9-4-10-7(12)11-6;1-7(2)6(9-5)8(3)4;1-3-7-4(2)5(6)8;1-2;2-1(3)4;1-2;;;;/h1-2,4-5H,3H3;1-4H,8H2,(H,10,11,12,13);1-4H,(H,9,10,11,12);6H,1-5H3;1-3H,(H2,6,8);1H3;(H4,2,3,4);1-2H2;;;;/q3*-1;;-1;;;;;;;. The number of H-pyrrole nitrogens is 1. The van der Waals surface area contributed by atoms with Crippen molar-refractivity contribution in [1.82, 2.24) is 54.7 Å². The summed E-state index contributed by atoms with van der Waals surface area (Å²) in [5, 5.41) is 0.661. The monoisotopic (exact) mass is 1240 g/mol. The quantitative estimate of drug-likeness (QED) is 0.00910. The van der Waals surface area contributed by atoms with Crippen molar-refractivity contribution in [2.45, 2.75) is 11.5 Å². The van der Waals surface area contributed by atoms with E-state index in [0.717, 1.165) is 6.20 Å². The molecule has 67 heavy (non-hydrogen) atoms. The third-order valence-corrected chi connectivity index (χ3v) is 7.71. The summed E-state index contributed by atoms with van der Waals surface area (Å²) < 4.78 is 12.0. The van der Waals surface area contributed by atoms with E-state index in [9.17, 15) is 4.79 Å². The van der Waals surface area contributed by atoms with Crippen LogP contribution in [0, 0.1) is 31.1 Å². The summed E-state index contributed by atoms with van der Waals surface area (Å²) in [4.78, 5) is 65.7. The number of aromatic nitrogens is 9. The van der Waals surface area contributed by atoms with Crippen LogP contribution in [0.2, 0.25) is 0 Å². The number of primary amides is 1. The van der Waals surface area contributed by atoms with Gasteiger partial charge in [0.2, 0.25) is 0 Å². The van der Waals surface area contributed by atoms with E-state index in [0.29, 0.717) is 44.5 Å². The zero-order valence-corrected chi connectivity index (χ0v) is 47.4. The number of aromatic amines is 1. The fourth-order valence-corrected chi connectivity index (χ4v) is 4.89. The van der Waals surface area contributed by atoms with Crippen molar-refractivity contribution in [2.24, 2.45) is 54.7 Å². The molecular formula is C35H51IN22O2S3V4-4. The summed E-state index contributed by atoms with van der Waals surface area (Å²) in [7, 11) is 9.62. The average Bonchev–Trinajstić information content (AvgIpc) is 3.32. The first-order valence-corrected chi connectivity index (χ1v) is 24.4. The van der Waals surface area contributed by atoms with Crippen LogP contribution in [0.25, 0.3) is 0 Å². The summed E-state index contributed by atoms with van der Waals surface area (Å²) in [6, 6.07) is 0. The molecule has 0 aromatic carbocycles. The van der Waals surface area contributed by atoms with E-state index in [1.165, 1.54) is 54.1 Å². The van der Waals surface area contributed by atoms with Gasteiger partial charge in [-0.15, -0.1) is 0 Å². The Morgan fingerprint density at radius 2 is 1.19 bits per heavy atom. The molecule has 0 atom stereocenters. The van der Waals surface area contributed by atoms with Crippen LogP contribution in [0.5, 0.6) is 0 Å². The predicted octanol–water partition coefficient (Wildman–Crippen LogP) is -1.15. The number of hydrogen-bond donors (Lipinski definition) is 8. The van der Waals surface area contributed by atoms with Gasteiger partial charge in [-0.3, -0.25) is 21.5 Å². The molecule has 0 saturated carbocycles. The third kappa shape index (κ3) is 39.1. The van der Waals surface area contributed by atoms with Crippen LogP contribution in [0.4, 0.5) is 5.95 Å². The van der Waals surface area contributed by atoms with E-state index in [4.69, 9.17) is 54.8 Å². The number of alkyl halides is 1. The van der Waals surface area contributed by atoms with Gasteiger partial charge in [0.1, 0.15) is 0 Å². The number of aliphatic imine (C=N–C) groups is 4. The van der Waals surface area contributed by atoms with E-state index in [1.54, 1.807) is 21.3 Å². The van der Waals surface area contributed by atoms with E-state index in [2.05, 4.69) is 196 Å². The van der Waals surface area contributed by atoms with Crippen LogP contribution < -0.4 is 40.2 Å². The van der Waals surface area contributed by atoms with Crippen molar-refractivity contribution >= 4 is 118 Å². The van der Waals surface area contributed by atoms with Crippen molar-refractivity contribution in [3.05, 3.63) is 92.3 Å². The molecule has 24 nitrogen and oxygen atoms in total. The van der Waals surface area contributed by atoms with Crippen LogP contribution >= 0.6 is 58.8 Å². The van der Waals surface area contributed by atoms with Gasteiger partial charge < -0.3 is 16.2 Å². The van der Waals surface area contributed by atoms with Crippen LogP contribution in [0.1, 0.15) is 17.5 Å². The minimum absolute atomic E-state index is 0.000000000000000222. The second-order valence-corrected chi connectivity index (χ2v) is 13.4. The molecule has 0 fully saturated rings. The molecule has 362 valence electrons. The van der Waals surface area contributed by atoms with Gasteiger partial charge >= 0.3 is 336 Å². The van der Waals surface area contributed by atoms with Crippen molar-refractivity contribution in [3.8, 4) is 0 Å². The fourth-order valence-electron chi connectivity index (χ4n) is 3.25. The number of amides is 1. The molecule has 1 amide bonds. The zero-order chi connectivity index (χ0) is 52.8. The Morgan fingerprint density at radius 1 is 0.776 bits per heavy atom. The van der Waals surface area contributed by atoms with Gasteiger partial charge in [-0.05, 0) is 45.3 Å². The van der Waals surface area contributed by atoms with Crippen molar-refractivity contribution < 1.29 is 77.4 Å². The van der Waals surface area contributed by atoms with Gasteiger partial charge in [0, 0.05) is 7.11 Å². The summed E-state index contributed by atoms with van der Waals surface area (Å²) in [6.07, 6.45) is 10.7. The number of hydrazine groups is 2. The molecular weight excluding hydrogens is 1190 g/mol. The Morgan fingerprint density at radius 3 is 1.51 bits per heavy atom. The minimum atomic E-state index is -0.586. The van der Waals surface area contributed by atoms with Crippen LogP contribution in [-0.4, -0.2) is 160 Å². The Balaban J connectivity index is -0.000000232. The molecule has 3 heterocycles. The number of thiocarbonyl (C=S) groups is 1. The maximum absolute atomic E-state index is 10.3. The van der Waals surface area contributed by atoms with E-state index in [1.807, 2.05) is 49.2 Å². The van der Waals surface area contributed by atoms with E-state index < -0.39 is 5.91 Å². The summed E-state index contributed by atoms with van der Waals surface area (Å²) in [5.41, 5.74) is 18.3. The third-order valence-electron chi connectivity index (χ3n) is 5.41. The molecule has 0 radical (unpaired) electrons. The van der Waals surface area contributed by atoms with Crippen molar-refractivity contribution in [3.63, 3.8) is 0 Å². The molecule has 0 aliphatic carbocycles. The van der Waals surface area contributed by atoms with Crippen molar-refractivity contribution in [2.75, 3.05) is 51.9 Å². The first-order chi connectivity index (χ1) is 31.9. The van der Waals surface area contributed by atoms with Gasteiger partial charge in [0.15, 0.2) is 11.5 Å². The van der Waals surface area contributed by atoms with Gasteiger partial charge in [-0.1, -0.05) is 22.6 Å². The molecule has 0 bridgehead atoms. The number of carbonyl (C=O) groups excluding carboxylic acids is 1. The molecule has 0 spiro atoms. The number of hydrogen-bond acceptors (Lipinski definition) is 23. The predicted molar refractivity (Wildman–Crippen MR) is 270 cm³/mol. The SMILES string of the molecule is CI.COC(N(C)C)N(C)C.NC(N)=S.NN.[CH-]=CN=C([CH]=[V])C(N)=O.[CH-]=CN=C([CH]=[V])c1ncnc(=S)[nH]1.[CH-]=CN=C([CH]=[V])c1ncnc(NN)n1.[CH-]=CN=C([CH]=[V])c1ncnc(SC)n1. The zero-order valence-electron chi connectivity index (χ0n) is 37.2. The molecule has 32 heteroatoms. The molecule has 0 saturated heterocycles. The second kappa shape index (κ2) is 50.4. The number of nitrogens with two attached hydrogens (primary N) is 6. The number of anilines is 1. The number of carbonyl (C=O) groups is 1. The summed E-state index contributed by atoms with van der Waals surface area (Å²) in [5.74, 6) is 14.3. The Labute approximate surface area is 455 Å². The Hall–Kier alpha value is -3.49. The Bertz CT molecular complexity index is 2080.